The van der Waals surface area contributed by atoms with E-state index in [-0.39, 0.29) is 12.6 Å². The van der Waals surface area contributed by atoms with Crippen LogP contribution in [0, 0.1) is 0 Å². The first-order valence-corrected chi connectivity index (χ1v) is 7.35. The smallest absolute Gasteiger partial charge is 0.407 e. The number of carbonyl (C=O) groups excluding carboxylic acids is 1. The molecule has 2 N–H and O–H groups in total. The van der Waals surface area contributed by atoms with E-state index in [9.17, 15) is 9.90 Å². The van der Waals surface area contributed by atoms with Crippen molar-refractivity contribution in [2.45, 2.75) is 32.1 Å². The molecule has 0 heterocycles. The molecule has 116 valence electrons. The predicted octanol–water partition coefficient (Wildman–Crippen LogP) is 3.43. The van der Waals surface area contributed by atoms with Crippen LogP contribution in [0.2, 0.25) is 0 Å². The van der Waals surface area contributed by atoms with Crippen LogP contribution in [0.25, 0.3) is 0 Å². The van der Waals surface area contributed by atoms with Crippen molar-refractivity contribution in [2.24, 2.45) is 0 Å². The molecule has 2 aromatic carbocycles. The summed E-state index contributed by atoms with van der Waals surface area (Å²) in [7, 11) is 0. The van der Waals surface area contributed by atoms with E-state index >= 15 is 0 Å². The molecule has 4 heteroatoms. The summed E-state index contributed by atoms with van der Waals surface area (Å²) in [6, 6.07) is 18.7. The first kappa shape index (κ1) is 16.0. The summed E-state index contributed by atoms with van der Waals surface area (Å²) in [4.78, 5) is 11.7. The van der Waals surface area contributed by atoms with Crippen molar-refractivity contribution < 1.29 is 14.6 Å². The number of hydrogen-bond donors (Lipinski definition) is 2. The topological polar surface area (TPSA) is 58.6 Å². The summed E-state index contributed by atoms with van der Waals surface area (Å²) in [6.07, 6.45) is -0.646. The lowest BCUT2D eigenvalue weighted by molar-refractivity contribution is 0.125. The SMILES string of the molecule is CC(CC(O)c1ccccc1)NC(=O)OCc1ccccc1. The lowest BCUT2D eigenvalue weighted by Crippen LogP contribution is -2.34. The minimum Gasteiger partial charge on any atom is -0.445 e. The van der Waals surface area contributed by atoms with Crippen LogP contribution in [0.15, 0.2) is 60.7 Å². The van der Waals surface area contributed by atoms with E-state index in [4.69, 9.17) is 4.74 Å². The molecular weight excluding hydrogens is 278 g/mol. The fourth-order valence-electron chi connectivity index (χ4n) is 2.17. The third-order valence-corrected chi connectivity index (χ3v) is 3.34. The Bertz CT molecular complexity index is 571. The monoisotopic (exact) mass is 299 g/mol. The molecule has 2 unspecified atom stereocenters. The number of carbonyl (C=O) groups is 1. The molecule has 0 spiro atoms. The Kier molecular flexibility index (Phi) is 5.98. The standard InChI is InChI=1S/C18H21NO3/c1-14(12-17(20)16-10-6-3-7-11-16)19-18(21)22-13-15-8-4-2-5-9-15/h2-11,14,17,20H,12-13H2,1H3,(H,19,21). The van der Waals surface area contributed by atoms with Crippen LogP contribution in [0.4, 0.5) is 4.79 Å². The predicted molar refractivity (Wildman–Crippen MR) is 85.2 cm³/mol. The number of alkyl carbamates (subject to hydrolysis) is 1. The van der Waals surface area contributed by atoms with Gasteiger partial charge in [-0.15, -0.1) is 0 Å². The largest absolute Gasteiger partial charge is 0.445 e. The maximum absolute atomic E-state index is 11.7. The van der Waals surface area contributed by atoms with Crippen molar-refractivity contribution in [1.29, 1.82) is 0 Å². The molecule has 0 bridgehead atoms. The molecule has 0 aromatic heterocycles. The lowest BCUT2D eigenvalue weighted by atomic mass is 10.0. The second-order valence-corrected chi connectivity index (χ2v) is 5.27. The van der Waals surface area contributed by atoms with Gasteiger partial charge in [-0.3, -0.25) is 0 Å². The van der Waals surface area contributed by atoms with Gasteiger partial charge in [0.05, 0.1) is 6.10 Å². The summed E-state index contributed by atoms with van der Waals surface area (Å²) in [5.41, 5.74) is 1.78. The van der Waals surface area contributed by atoms with Crippen LogP contribution in [0.3, 0.4) is 0 Å². The fraction of sp³-hybridized carbons (Fsp3) is 0.278. The summed E-state index contributed by atoms with van der Waals surface area (Å²) in [6.45, 7) is 2.08. The number of aliphatic hydroxyl groups excluding tert-OH is 1. The van der Waals surface area contributed by atoms with Crippen LogP contribution < -0.4 is 5.32 Å². The highest BCUT2D eigenvalue weighted by atomic mass is 16.5. The number of hydrogen-bond acceptors (Lipinski definition) is 3. The zero-order chi connectivity index (χ0) is 15.8. The van der Waals surface area contributed by atoms with Gasteiger partial charge < -0.3 is 15.2 Å². The Balaban J connectivity index is 1.74. The van der Waals surface area contributed by atoms with E-state index in [1.54, 1.807) is 0 Å². The van der Waals surface area contributed by atoms with Gasteiger partial charge in [-0.25, -0.2) is 4.79 Å². The first-order chi connectivity index (χ1) is 10.6. The molecule has 0 aliphatic heterocycles. The van der Waals surface area contributed by atoms with E-state index in [1.807, 2.05) is 67.6 Å². The number of rotatable bonds is 6. The van der Waals surface area contributed by atoms with Gasteiger partial charge >= 0.3 is 6.09 Å². The third kappa shape index (κ3) is 5.22. The van der Waals surface area contributed by atoms with Crippen LogP contribution in [0.1, 0.15) is 30.6 Å². The Morgan fingerprint density at radius 3 is 2.32 bits per heavy atom. The van der Waals surface area contributed by atoms with Gasteiger partial charge in [0.15, 0.2) is 0 Å². The van der Waals surface area contributed by atoms with Gasteiger partial charge in [0.1, 0.15) is 6.61 Å². The minimum absolute atomic E-state index is 0.182. The highest BCUT2D eigenvalue weighted by Crippen LogP contribution is 2.17. The van der Waals surface area contributed by atoms with Crippen molar-refractivity contribution in [3.8, 4) is 0 Å². The van der Waals surface area contributed by atoms with Crippen molar-refractivity contribution in [1.82, 2.24) is 5.32 Å². The van der Waals surface area contributed by atoms with Crippen LogP contribution in [0.5, 0.6) is 0 Å². The van der Waals surface area contributed by atoms with Gasteiger partial charge in [0.25, 0.3) is 0 Å². The second-order valence-electron chi connectivity index (χ2n) is 5.27. The molecule has 0 fully saturated rings. The summed E-state index contributed by atoms with van der Waals surface area (Å²) in [5.74, 6) is 0. The molecule has 2 rings (SSSR count). The maximum Gasteiger partial charge on any atom is 0.407 e. The maximum atomic E-state index is 11.7. The highest BCUT2D eigenvalue weighted by Gasteiger charge is 2.14. The average Bonchev–Trinajstić information content (AvgIpc) is 2.54. The number of benzene rings is 2. The number of amides is 1. The molecule has 0 aliphatic carbocycles. The van der Waals surface area contributed by atoms with E-state index in [0.717, 1.165) is 11.1 Å². The van der Waals surface area contributed by atoms with Crippen molar-refractivity contribution in [3.05, 3.63) is 71.8 Å². The highest BCUT2D eigenvalue weighted by molar-refractivity contribution is 5.67. The molecule has 0 saturated carbocycles. The molecular formula is C18H21NO3. The zero-order valence-electron chi connectivity index (χ0n) is 12.6. The van der Waals surface area contributed by atoms with Crippen molar-refractivity contribution in [3.63, 3.8) is 0 Å². The molecule has 0 radical (unpaired) electrons. The Morgan fingerprint density at radius 2 is 1.68 bits per heavy atom. The average molecular weight is 299 g/mol. The second kappa shape index (κ2) is 8.20. The number of aliphatic hydroxyl groups is 1. The van der Waals surface area contributed by atoms with Crippen molar-refractivity contribution >= 4 is 6.09 Å². The summed E-state index contributed by atoms with van der Waals surface area (Å²) < 4.78 is 5.15. The molecule has 2 atom stereocenters. The lowest BCUT2D eigenvalue weighted by Gasteiger charge is -2.18. The third-order valence-electron chi connectivity index (χ3n) is 3.34. The molecule has 0 saturated heterocycles. The van der Waals surface area contributed by atoms with E-state index < -0.39 is 12.2 Å². The van der Waals surface area contributed by atoms with Crippen molar-refractivity contribution in [2.75, 3.05) is 0 Å². The van der Waals surface area contributed by atoms with E-state index in [0.29, 0.717) is 6.42 Å². The van der Waals surface area contributed by atoms with E-state index in [1.165, 1.54) is 0 Å². The van der Waals surface area contributed by atoms with Gasteiger partial charge in [-0.1, -0.05) is 60.7 Å². The van der Waals surface area contributed by atoms with E-state index in [2.05, 4.69) is 5.32 Å². The fourth-order valence-corrected chi connectivity index (χ4v) is 2.17. The summed E-state index contributed by atoms with van der Waals surface area (Å²) >= 11 is 0. The normalized spacial score (nSPS) is 13.2. The van der Waals surface area contributed by atoms with Gasteiger partial charge in [-0.05, 0) is 24.5 Å². The van der Waals surface area contributed by atoms with Gasteiger partial charge in [0.2, 0.25) is 0 Å². The Labute approximate surface area is 130 Å². The molecule has 2 aromatic rings. The van der Waals surface area contributed by atoms with Crippen LogP contribution in [-0.2, 0) is 11.3 Å². The van der Waals surface area contributed by atoms with Crippen LogP contribution in [-0.4, -0.2) is 17.2 Å². The molecule has 4 nitrogen and oxygen atoms in total. The summed E-state index contributed by atoms with van der Waals surface area (Å²) in [5, 5.41) is 12.8. The Hall–Kier alpha value is -2.33. The van der Waals surface area contributed by atoms with Gasteiger partial charge in [0, 0.05) is 6.04 Å². The Morgan fingerprint density at radius 1 is 1.09 bits per heavy atom. The number of ether oxygens (including phenoxy) is 1. The number of nitrogens with one attached hydrogen (secondary N) is 1. The minimum atomic E-state index is -0.606. The molecule has 1 amide bonds. The van der Waals surface area contributed by atoms with Gasteiger partial charge in [-0.2, -0.15) is 0 Å². The molecule has 0 aliphatic rings. The molecule has 22 heavy (non-hydrogen) atoms. The quantitative estimate of drug-likeness (QED) is 0.859. The first-order valence-electron chi connectivity index (χ1n) is 7.35. The van der Waals surface area contributed by atoms with Crippen LogP contribution >= 0.6 is 0 Å². The zero-order valence-corrected chi connectivity index (χ0v) is 12.6.